The van der Waals surface area contributed by atoms with Crippen molar-refractivity contribution < 1.29 is 17.9 Å². The van der Waals surface area contributed by atoms with Crippen molar-refractivity contribution in [1.82, 2.24) is 9.62 Å². The number of carbonyl (C=O) groups excluding carboxylic acids is 1. The second kappa shape index (κ2) is 7.53. The Bertz CT molecular complexity index is 569. The van der Waals surface area contributed by atoms with Crippen molar-refractivity contribution in [3.8, 4) is 0 Å². The Hall–Kier alpha value is -1.44. The lowest BCUT2D eigenvalue weighted by Gasteiger charge is -2.19. The van der Waals surface area contributed by atoms with E-state index < -0.39 is 10.0 Å². The van der Waals surface area contributed by atoms with E-state index in [-0.39, 0.29) is 23.4 Å². The predicted octanol–water partition coefficient (Wildman–Crippen LogP) is 0.767. The predicted molar refractivity (Wildman–Crippen MR) is 80.5 cm³/mol. The number of aryl methyl sites for hydroxylation is 1. The lowest BCUT2D eigenvalue weighted by atomic mass is 10.2. The van der Waals surface area contributed by atoms with Gasteiger partial charge in [0, 0.05) is 20.2 Å². The molecule has 21 heavy (non-hydrogen) atoms. The number of carbonyl (C=O) groups is 1. The SMILES string of the molecule is COC[C@H](C)NC(=O)CN(C)S(=O)(=O)c1ccc(C)cc1. The summed E-state index contributed by atoms with van der Waals surface area (Å²) < 4.78 is 30.6. The molecular weight excluding hydrogens is 292 g/mol. The van der Waals surface area contributed by atoms with Crippen LogP contribution in [0.15, 0.2) is 29.2 Å². The maximum absolute atomic E-state index is 12.3. The van der Waals surface area contributed by atoms with Crippen molar-refractivity contribution in [2.45, 2.75) is 24.8 Å². The Morgan fingerprint density at radius 3 is 2.43 bits per heavy atom. The molecule has 0 saturated carbocycles. The third kappa shape index (κ3) is 5.11. The molecule has 7 heteroatoms. The van der Waals surface area contributed by atoms with Crippen LogP contribution in [-0.2, 0) is 19.6 Å². The van der Waals surface area contributed by atoms with Crippen molar-refractivity contribution >= 4 is 15.9 Å². The minimum Gasteiger partial charge on any atom is -0.383 e. The summed E-state index contributed by atoms with van der Waals surface area (Å²) in [6.07, 6.45) is 0. The van der Waals surface area contributed by atoms with Crippen LogP contribution in [0.25, 0.3) is 0 Å². The van der Waals surface area contributed by atoms with Crippen LogP contribution in [0.1, 0.15) is 12.5 Å². The third-order valence-corrected chi connectivity index (χ3v) is 4.74. The summed E-state index contributed by atoms with van der Waals surface area (Å²) in [5.74, 6) is -0.363. The minimum atomic E-state index is -3.66. The Morgan fingerprint density at radius 2 is 1.90 bits per heavy atom. The highest BCUT2D eigenvalue weighted by atomic mass is 32.2. The van der Waals surface area contributed by atoms with E-state index in [1.54, 1.807) is 19.1 Å². The van der Waals surface area contributed by atoms with Crippen LogP contribution in [0.4, 0.5) is 0 Å². The molecule has 0 saturated heterocycles. The zero-order chi connectivity index (χ0) is 16.0. The van der Waals surface area contributed by atoms with Crippen LogP contribution in [-0.4, -0.2) is 52.0 Å². The van der Waals surface area contributed by atoms with Gasteiger partial charge in [-0.2, -0.15) is 4.31 Å². The fraction of sp³-hybridized carbons (Fsp3) is 0.500. The quantitative estimate of drug-likeness (QED) is 0.806. The lowest BCUT2D eigenvalue weighted by molar-refractivity contribution is -0.122. The number of amides is 1. The zero-order valence-electron chi connectivity index (χ0n) is 12.8. The molecule has 1 aromatic rings. The molecule has 0 aliphatic carbocycles. The van der Waals surface area contributed by atoms with E-state index in [0.29, 0.717) is 6.61 Å². The number of hydrogen-bond donors (Lipinski definition) is 1. The number of sulfonamides is 1. The number of rotatable bonds is 7. The number of benzene rings is 1. The van der Waals surface area contributed by atoms with Crippen molar-refractivity contribution in [3.05, 3.63) is 29.8 Å². The molecule has 1 N–H and O–H groups in total. The number of hydrogen-bond acceptors (Lipinski definition) is 4. The van der Waals surface area contributed by atoms with Gasteiger partial charge in [0.1, 0.15) is 0 Å². The smallest absolute Gasteiger partial charge is 0.243 e. The summed E-state index contributed by atoms with van der Waals surface area (Å²) in [5, 5.41) is 2.67. The topological polar surface area (TPSA) is 75.7 Å². The van der Waals surface area contributed by atoms with Gasteiger partial charge < -0.3 is 10.1 Å². The minimum absolute atomic E-state index is 0.169. The largest absolute Gasteiger partial charge is 0.383 e. The maximum Gasteiger partial charge on any atom is 0.243 e. The first kappa shape index (κ1) is 17.6. The van der Waals surface area contributed by atoms with Gasteiger partial charge in [-0.25, -0.2) is 8.42 Å². The van der Waals surface area contributed by atoms with E-state index in [1.165, 1.54) is 26.3 Å². The highest BCUT2D eigenvalue weighted by Crippen LogP contribution is 2.14. The Balaban J connectivity index is 2.71. The van der Waals surface area contributed by atoms with E-state index in [2.05, 4.69) is 5.32 Å². The maximum atomic E-state index is 12.3. The molecule has 0 spiro atoms. The highest BCUT2D eigenvalue weighted by Gasteiger charge is 2.23. The van der Waals surface area contributed by atoms with Gasteiger partial charge >= 0.3 is 0 Å². The molecule has 6 nitrogen and oxygen atoms in total. The summed E-state index contributed by atoms with van der Waals surface area (Å²) in [6, 6.07) is 6.35. The zero-order valence-corrected chi connectivity index (χ0v) is 13.6. The number of ether oxygens (including phenoxy) is 1. The van der Waals surface area contributed by atoms with Gasteiger partial charge in [-0.05, 0) is 26.0 Å². The molecule has 0 aliphatic heterocycles. The molecule has 0 aromatic heterocycles. The molecular formula is C14H22N2O4S. The summed E-state index contributed by atoms with van der Waals surface area (Å²) in [4.78, 5) is 12.0. The van der Waals surface area contributed by atoms with Gasteiger partial charge in [-0.3, -0.25) is 4.79 Å². The van der Waals surface area contributed by atoms with Gasteiger partial charge in [0.25, 0.3) is 0 Å². The van der Waals surface area contributed by atoms with Crippen LogP contribution in [0, 0.1) is 6.92 Å². The van der Waals surface area contributed by atoms with Gasteiger partial charge in [-0.1, -0.05) is 17.7 Å². The van der Waals surface area contributed by atoms with Crippen molar-refractivity contribution in [2.24, 2.45) is 0 Å². The van der Waals surface area contributed by atoms with Gasteiger partial charge in [0.05, 0.1) is 18.0 Å². The number of nitrogens with one attached hydrogen (secondary N) is 1. The van der Waals surface area contributed by atoms with E-state index in [1.807, 2.05) is 6.92 Å². The molecule has 0 fully saturated rings. The van der Waals surface area contributed by atoms with Crippen molar-refractivity contribution in [3.63, 3.8) is 0 Å². The third-order valence-electron chi connectivity index (χ3n) is 2.92. The molecule has 1 atom stereocenters. The summed E-state index contributed by atoms with van der Waals surface area (Å²) >= 11 is 0. The van der Waals surface area contributed by atoms with Gasteiger partial charge in [0.2, 0.25) is 15.9 Å². The van der Waals surface area contributed by atoms with Crippen LogP contribution in [0.3, 0.4) is 0 Å². The normalized spacial score (nSPS) is 13.2. The molecule has 1 amide bonds. The number of methoxy groups -OCH3 is 1. The number of likely N-dealkylation sites (N-methyl/N-ethyl adjacent to an activating group) is 1. The van der Waals surface area contributed by atoms with E-state index >= 15 is 0 Å². The summed E-state index contributed by atoms with van der Waals surface area (Å²) in [6.45, 7) is 3.81. The number of nitrogens with zero attached hydrogens (tertiary/aromatic N) is 1. The highest BCUT2D eigenvalue weighted by molar-refractivity contribution is 7.89. The Labute approximate surface area is 126 Å². The standard InChI is InChI=1S/C14H22N2O4S/c1-11-5-7-13(8-6-11)21(18,19)16(3)9-14(17)15-12(2)10-20-4/h5-8,12H,9-10H2,1-4H3,(H,15,17)/t12-/m0/s1. The van der Waals surface area contributed by atoms with Gasteiger partial charge in [-0.15, -0.1) is 0 Å². The molecule has 0 aliphatic rings. The Morgan fingerprint density at radius 1 is 1.33 bits per heavy atom. The average molecular weight is 314 g/mol. The van der Waals surface area contributed by atoms with E-state index in [4.69, 9.17) is 4.74 Å². The molecule has 0 heterocycles. The fourth-order valence-corrected chi connectivity index (χ4v) is 2.92. The molecule has 1 aromatic carbocycles. The van der Waals surface area contributed by atoms with Crippen LogP contribution in [0.2, 0.25) is 0 Å². The first-order valence-electron chi connectivity index (χ1n) is 6.58. The molecule has 118 valence electrons. The van der Waals surface area contributed by atoms with Crippen molar-refractivity contribution in [1.29, 1.82) is 0 Å². The molecule has 1 rings (SSSR count). The molecule has 0 radical (unpaired) electrons. The van der Waals surface area contributed by atoms with Crippen molar-refractivity contribution in [2.75, 3.05) is 27.3 Å². The Kier molecular flexibility index (Phi) is 6.32. The van der Waals surface area contributed by atoms with Crippen LogP contribution >= 0.6 is 0 Å². The first-order valence-corrected chi connectivity index (χ1v) is 8.02. The average Bonchev–Trinajstić information content (AvgIpc) is 2.39. The fourth-order valence-electron chi connectivity index (χ4n) is 1.79. The van der Waals surface area contributed by atoms with E-state index in [9.17, 15) is 13.2 Å². The summed E-state index contributed by atoms with van der Waals surface area (Å²) in [7, 11) is -0.735. The second-order valence-corrected chi connectivity index (χ2v) is 7.04. The summed E-state index contributed by atoms with van der Waals surface area (Å²) in [5.41, 5.74) is 0.975. The van der Waals surface area contributed by atoms with Crippen LogP contribution < -0.4 is 5.32 Å². The lowest BCUT2D eigenvalue weighted by Crippen LogP contribution is -2.43. The monoisotopic (exact) mass is 314 g/mol. The van der Waals surface area contributed by atoms with Crippen LogP contribution in [0.5, 0.6) is 0 Å². The first-order chi connectivity index (χ1) is 9.77. The second-order valence-electron chi connectivity index (χ2n) is 5.00. The van der Waals surface area contributed by atoms with E-state index in [0.717, 1.165) is 9.87 Å². The molecule has 0 bridgehead atoms. The van der Waals surface area contributed by atoms with Gasteiger partial charge in [0.15, 0.2) is 0 Å². The molecule has 0 unspecified atom stereocenters.